The Morgan fingerprint density at radius 1 is 1.12 bits per heavy atom. The van der Waals surface area contributed by atoms with Crippen molar-refractivity contribution in [3.8, 4) is 17.1 Å². The highest BCUT2D eigenvalue weighted by Gasteiger charge is 2.16. The summed E-state index contributed by atoms with van der Waals surface area (Å²) >= 11 is 0. The van der Waals surface area contributed by atoms with E-state index in [9.17, 15) is 9.18 Å². The number of anilines is 1. The number of rotatable bonds is 5. The Morgan fingerprint density at radius 3 is 2.44 bits per heavy atom. The van der Waals surface area contributed by atoms with Gasteiger partial charge < -0.3 is 14.5 Å². The lowest BCUT2D eigenvalue weighted by molar-refractivity contribution is 0.102. The first-order chi connectivity index (χ1) is 12.1. The van der Waals surface area contributed by atoms with Crippen molar-refractivity contribution in [1.29, 1.82) is 0 Å². The first-order valence-corrected chi connectivity index (χ1v) is 7.97. The molecule has 128 valence electrons. The predicted molar refractivity (Wildman–Crippen MR) is 94.4 cm³/mol. The Kier molecular flexibility index (Phi) is 4.84. The molecule has 0 radical (unpaired) electrons. The van der Waals surface area contributed by atoms with Gasteiger partial charge in [0.05, 0.1) is 12.2 Å². The Balaban J connectivity index is 1.77. The van der Waals surface area contributed by atoms with Crippen molar-refractivity contribution in [2.75, 3.05) is 11.9 Å². The smallest absolute Gasteiger partial charge is 0.259 e. The number of hydrogen-bond donors (Lipinski definition) is 1. The van der Waals surface area contributed by atoms with Crippen LogP contribution in [-0.2, 0) is 0 Å². The van der Waals surface area contributed by atoms with Gasteiger partial charge in [-0.25, -0.2) is 4.39 Å². The van der Waals surface area contributed by atoms with Crippen LogP contribution in [-0.4, -0.2) is 12.5 Å². The fraction of sp³-hybridized carbons (Fsp3) is 0.150. The topological polar surface area (TPSA) is 51.5 Å². The third kappa shape index (κ3) is 3.88. The summed E-state index contributed by atoms with van der Waals surface area (Å²) in [5, 5.41) is 2.83. The van der Waals surface area contributed by atoms with Gasteiger partial charge in [-0.1, -0.05) is 0 Å². The molecule has 0 aliphatic heterocycles. The van der Waals surface area contributed by atoms with Crippen molar-refractivity contribution in [2.24, 2.45) is 0 Å². The maximum absolute atomic E-state index is 13.0. The zero-order valence-corrected chi connectivity index (χ0v) is 14.0. The molecule has 1 N–H and O–H groups in total. The highest BCUT2D eigenvalue weighted by Crippen LogP contribution is 2.26. The highest BCUT2D eigenvalue weighted by molar-refractivity contribution is 6.05. The summed E-state index contributed by atoms with van der Waals surface area (Å²) in [5.41, 5.74) is 1.82. The summed E-state index contributed by atoms with van der Waals surface area (Å²) < 4.78 is 24.1. The van der Waals surface area contributed by atoms with Crippen LogP contribution in [0.3, 0.4) is 0 Å². The summed E-state index contributed by atoms with van der Waals surface area (Å²) in [7, 11) is 0. The molecule has 1 aromatic heterocycles. The van der Waals surface area contributed by atoms with Crippen molar-refractivity contribution >= 4 is 11.6 Å². The monoisotopic (exact) mass is 339 g/mol. The van der Waals surface area contributed by atoms with Gasteiger partial charge >= 0.3 is 0 Å². The van der Waals surface area contributed by atoms with Gasteiger partial charge in [0, 0.05) is 11.3 Å². The summed E-state index contributed by atoms with van der Waals surface area (Å²) in [5.74, 6) is 1.19. The van der Waals surface area contributed by atoms with E-state index in [4.69, 9.17) is 9.15 Å². The zero-order chi connectivity index (χ0) is 17.8. The molecule has 0 spiro atoms. The number of halogens is 1. The fourth-order valence-electron chi connectivity index (χ4n) is 2.46. The molecule has 0 aliphatic carbocycles. The van der Waals surface area contributed by atoms with Gasteiger partial charge in [-0.05, 0) is 68.4 Å². The number of furan rings is 1. The summed E-state index contributed by atoms with van der Waals surface area (Å²) in [6.07, 6.45) is 0. The number of hydrogen-bond acceptors (Lipinski definition) is 3. The molecule has 5 heteroatoms. The lowest BCUT2D eigenvalue weighted by Gasteiger charge is -2.06. The minimum absolute atomic E-state index is 0.265. The largest absolute Gasteiger partial charge is 0.494 e. The number of nitrogens with one attached hydrogen (secondary N) is 1. The van der Waals surface area contributed by atoms with E-state index in [2.05, 4.69) is 5.32 Å². The highest BCUT2D eigenvalue weighted by atomic mass is 19.1. The second-order valence-electron chi connectivity index (χ2n) is 5.50. The van der Waals surface area contributed by atoms with Crippen molar-refractivity contribution in [2.45, 2.75) is 13.8 Å². The molecule has 4 nitrogen and oxygen atoms in total. The Bertz CT molecular complexity index is 867. The van der Waals surface area contributed by atoms with E-state index in [1.165, 1.54) is 12.1 Å². The molecule has 3 rings (SSSR count). The van der Waals surface area contributed by atoms with Gasteiger partial charge in [0.1, 0.15) is 23.1 Å². The second-order valence-corrected chi connectivity index (χ2v) is 5.50. The standard InChI is InChI=1S/C20H18FNO3/c1-3-24-17-10-8-16(9-11-17)22-20(23)18-12-19(25-13(18)2)14-4-6-15(21)7-5-14/h4-12H,3H2,1-2H3,(H,22,23). The van der Waals surface area contributed by atoms with E-state index in [0.717, 1.165) is 5.75 Å². The normalized spacial score (nSPS) is 10.5. The number of ether oxygens (including phenoxy) is 1. The van der Waals surface area contributed by atoms with Gasteiger partial charge in [-0.3, -0.25) is 4.79 Å². The number of carbonyl (C=O) groups excluding carboxylic acids is 1. The Morgan fingerprint density at radius 2 is 1.80 bits per heavy atom. The third-order valence-corrected chi connectivity index (χ3v) is 3.71. The molecule has 0 aliphatic rings. The van der Waals surface area contributed by atoms with Crippen molar-refractivity contribution in [1.82, 2.24) is 0 Å². The van der Waals surface area contributed by atoms with Crippen LogP contribution in [0.4, 0.5) is 10.1 Å². The molecule has 25 heavy (non-hydrogen) atoms. The molecule has 1 amide bonds. The fourth-order valence-corrected chi connectivity index (χ4v) is 2.46. The molecule has 3 aromatic rings. The summed E-state index contributed by atoms with van der Waals surface area (Å²) in [6, 6.07) is 14.7. The van der Waals surface area contributed by atoms with Crippen molar-refractivity contribution in [3.05, 3.63) is 71.7 Å². The molecule has 0 bridgehead atoms. The van der Waals surface area contributed by atoms with Gasteiger partial charge in [-0.2, -0.15) is 0 Å². The van der Waals surface area contributed by atoms with Gasteiger partial charge in [0.2, 0.25) is 0 Å². The molecule has 0 saturated heterocycles. The molecule has 2 aromatic carbocycles. The number of aryl methyl sites for hydroxylation is 1. The lowest BCUT2D eigenvalue weighted by atomic mass is 10.1. The average Bonchev–Trinajstić information content (AvgIpc) is 2.99. The van der Waals surface area contributed by atoms with Crippen molar-refractivity contribution in [3.63, 3.8) is 0 Å². The van der Waals surface area contributed by atoms with Crippen molar-refractivity contribution < 1.29 is 18.3 Å². The van der Waals surface area contributed by atoms with E-state index >= 15 is 0 Å². The summed E-state index contributed by atoms with van der Waals surface area (Å²) in [6.45, 7) is 4.22. The van der Waals surface area contributed by atoms with Crippen LogP contribution in [0.2, 0.25) is 0 Å². The first-order valence-electron chi connectivity index (χ1n) is 7.97. The summed E-state index contributed by atoms with van der Waals surface area (Å²) in [4.78, 5) is 12.5. The minimum Gasteiger partial charge on any atom is -0.494 e. The Labute approximate surface area is 145 Å². The molecular weight excluding hydrogens is 321 g/mol. The molecule has 0 unspecified atom stereocenters. The number of benzene rings is 2. The molecule has 0 saturated carbocycles. The van der Waals surface area contributed by atoms with Crippen LogP contribution in [0.15, 0.2) is 59.0 Å². The van der Waals surface area contributed by atoms with E-state index in [1.807, 2.05) is 6.92 Å². The van der Waals surface area contributed by atoms with Crippen LogP contribution >= 0.6 is 0 Å². The van der Waals surface area contributed by atoms with E-state index in [0.29, 0.717) is 34.9 Å². The van der Waals surface area contributed by atoms with Crippen LogP contribution in [0.25, 0.3) is 11.3 Å². The first kappa shape index (κ1) is 16.8. The molecule has 0 atom stereocenters. The molecule has 1 heterocycles. The number of carbonyl (C=O) groups is 1. The van der Waals surface area contributed by atoms with Gasteiger partial charge in [-0.15, -0.1) is 0 Å². The lowest BCUT2D eigenvalue weighted by Crippen LogP contribution is -2.12. The predicted octanol–water partition coefficient (Wildman–Crippen LogP) is 5.05. The van der Waals surface area contributed by atoms with E-state index < -0.39 is 0 Å². The van der Waals surface area contributed by atoms with Crippen LogP contribution in [0.1, 0.15) is 23.0 Å². The number of amides is 1. The quantitative estimate of drug-likeness (QED) is 0.708. The van der Waals surface area contributed by atoms with Crippen LogP contribution < -0.4 is 10.1 Å². The minimum atomic E-state index is -0.319. The second kappa shape index (κ2) is 7.21. The average molecular weight is 339 g/mol. The van der Waals surface area contributed by atoms with Crippen LogP contribution in [0.5, 0.6) is 5.75 Å². The van der Waals surface area contributed by atoms with Gasteiger partial charge in [0.25, 0.3) is 5.91 Å². The zero-order valence-electron chi connectivity index (χ0n) is 14.0. The molecule has 0 fully saturated rings. The van der Waals surface area contributed by atoms with E-state index in [1.54, 1.807) is 49.4 Å². The third-order valence-electron chi connectivity index (χ3n) is 3.71. The maximum atomic E-state index is 13.0. The molecular formula is C20H18FNO3. The Hall–Kier alpha value is -3.08. The maximum Gasteiger partial charge on any atom is 0.259 e. The van der Waals surface area contributed by atoms with Gasteiger partial charge in [0.15, 0.2) is 0 Å². The van der Waals surface area contributed by atoms with Crippen LogP contribution in [0, 0.1) is 12.7 Å². The van der Waals surface area contributed by atoms with E-state index in [-0.39, 0.29) is 11.7 Å². The SMILES string of the molecule is CCOc1ccc(NC(=O)c2cc(-c3ccc(F)cc3)oc2C)cc1.